The number of pyridine rings is 1. The Morgan fingerprint density at radius 1 is 1.24 bits per heavy atom. The number of hydrogen-bond acceptors (Lipinski definition) is 3. The average molecular weight is 307 g/mol. The molecule has 1 aromatic carbocycles. The van der Waals surface area contributed by atoms with E-state index in [-0.39, 0.29) is 11.4 Å². The largest absolute Gasteiger partial charge is 0.399 e. The van der Waals surface area contributed by atoms with Crippen LogP contribution in [-0.4, -0.2) is 13.6 Å². The molecule has 4 nitrogen and oxygen atoms in total. The monoisotopic (exact) mass is 307 g/mol. The number of nitrogen functional groups attached to an aromatic ring is 1. The van der Waals surface area contributed by atoms with Gasteiger partial charge in [-0.2, -0.15) is 0 Å². The van der Waals surface area contributed by atoms with Gasteiger partial charge in [-0.15, -0.1) is 0 Å². The van der Waals surface area contributed by atoms with Crippen molar-refractivity contribution >= 4 is 22.1 Å². The second kappa shape index (κ2) is 5.25. The van der Waals surface area contributed by atoms with Crippen molar-refractivity contribution < 1.29 is 13.0 Å². The summed E-state index contributed by atoms with van der Waals surface area (Å²) in [6, 6.07) is 7.36. The van der Waals surface area contributed by atoms with Crippen molar-refractivity contribution in [2.45, 2.75) is 10.6 Å². The molecule has 0 bridgehead atoms. The highest BCUT2D eigenvalue weighted by Crippen LogP contribution is 2.22. The Labute approximate surface area is 121 Å². The van der Waals surface area contributed by atoms with E-state index in [1.807, 2.05) is 12.1 Å². The van der Waals surface area contributed by atoms with Gasteiger partial charge in [-0.25, -0.2) is 13.8 Å². The van der Waals surface area contributed by atoms with Crippen molar-refractivity contribution in [1.29, 1.82) is 0 Å². The molecule has 1 atom stereocenters. The number of rotatable bonds is 3. The fourth-order valence-corrected chi connectivity index (χ4v) is 3.17. The summed E-state index contributed by atoms with van der Waals surface area (Å²) in [5, 5.41) is 0. The van der Waals surface area contributed by atoms with Crippen molar-refractivity contribution in [3.63, 3.8) is 0 Å². The maximum Gasteiger partial charge on any atom is 0.144 e. The van der Waals surface area contributed by atoms with Gasteiger partial charge < -0.3 is 10.1 Å². The molecule has 3 rings (SSSR count). The Morgan fingerprint density at radius 2 is 1.95 bits per heavy atom. The fourth-order valence-electron chi connectivity index (χ4n) is 2.06. The van der Waals surface area contributed by atoms with Crippen LogP contribution in [0.25, 0.3) is 5.65 Å². The normalized spacial score (nSPS) is 12.7. The van der Waals surface area contributed by atoms with E-state index in [4.69, 9.17) is 5.73 Å². The van der Waals surface area contributed by atoms with Crippen molar-refractivity contribution in [1.82, 2.24) is 9.38 Å². The first-order valence-electron chi connectivity index (χ1n) is 6.10. The highest BCUT2D eigenvalue weighted by atomic mass is 32.2. The first-order chi connectivity index (χ1) is 10.0. The van der Waals surface area contributed by atoms with Gasteiger partial charge in [0.2, 0.25) is 0 Å². The van der Waals surface area contributed by atoms with Gasteiger partial charge in [-0.1, -0.05) is 6.07 Å². The Kier molecular flexibility index (Phi) is 3.42. The molecule has 0 spiro atoms. The molecule has 0 fully saturated rings. The molecule has 108 valence electrons. The summed E-state index contributed by atoms with van der Waals surface area (Å²) in [6.07, 6.45) is 3.47. The lowest BCUT2D eigenvalue weighted by Crippen LogP contribution is -2.04. The molecule has 21 heavy (non-hydrogen) atoms. The molecule has 0 radical (unpaired) electrons. The maximum absolute atomic E-state index is 13.7. The van der Waals surface area contributed by atoms with E-state index in [0.717, 1.165) is 12.1 Å². The van der Waals surface area contributed by atoms with Crippen LogP contribution in [0.5, 0.6) is 0 Å². The number of halogens is 2. The number of fused-ring (bicyclic) bond motifs is 1. The van der Waals surface area contributed by atoms with Gasteiger partial charge in [0, 0.05) is 18.1 Å². The van der Waals surface area contributed by atoms with Gasteiger partial charge in [-0.05, 0) is 24.3 Å². The van der Waals surface area contributed by atoms with E-state index in [2.05, 4.69) is 4.98 Å². The summed E-state index contributed by atoms with van der Waals surface area (Å²) in [5.41, 5.74) is 6.47. The number of benzene rings is 1. The SMILES string of the molecule is Nc1cc(F)c(S(=O)Cc2cn3ccccc3n2)c(F)c1. The van der Waals surface area contributed by atoms with E-state index in [1.54, 1.807) is 22.9 Å². The van der Waals surface area contributed by atoms with E-state index in [9.17, 15) is 13.0 Å². The van der Waals surface area contributed by atoms with Gasteiger partial charge >= 0.3 is 0 Å². The molecule has 0 saturated heterocycles. The molecule has 2 heterocycles. The molecule has 7 heteroatoms. The zero-order valence-electron chi connectivity index (χ0n) is 10.8. The van der Waals surface area contributed by atoms with Crippen molar-refractivity contribution in [3.05, 3.63) is 60.1 Å². The molecular formula is C14H11F2N3OS. The number of hydrogen-bond donors (Lipinski definition) is 1. The highest BCUT2D eigenvalue weighted by Gasteiger charge is 2.18. The maximum atomic E-state index is 13.7. The molecular weight excluding hydrogens is 296 g/mol. The third-order valence-corrected chi connectivity index (χ3v) is 4.34. The highest BCUT2D eigenvalue weighted by molar-refractivity contribution is 7.84. The van der Waals surface area contributed by atoms with Gasteiger partial charge in [0.05, 0.1) is 22.2 Å². The molecule has 2 N–H and O–H groups in total. The van der Waals surface area contributed by atoms with Crippen LogP contribution in [0.3, 0.4) is 0 Å². The van der Waals surface area contributed by atoms with Crippen LogP contribution in [0.1, 0.15) is 5.69 Å². The lowest BCUT2D eigenvalue weighted by Gasteiger charge is -2.05. The Hall–Kier alpha value is -2.28. The van der Waals surface area contributed by atoms with E-state index in [1.165, 1.54) is 0 Å². The molecule has 3 aromatic rings. The Bertz CT molecular complexity index is 791. The average Bonchev–Trinajstić information content (AvgIpc) is 2.79. The van der Waals surface area contributed by atoms with Crippen LogP contribution >= 0.6 is 0 Å². The first kappa shape index (κ1) is 13.7. The summed E-state index contributed by atoms with van der Waals surface area (Å²) in [7, 11) is -1.87. The topological polar surface area (TPSA) is 60.4 Å². The zero-order chi connectivity index (χ0) is 15.0. The van der Waals surface area contributed by atoms with Gasteiger partial charge in [0.25, 0.3) is 0 Å². The minimum Gasteiger partial charge on any atom is -0.399 e. The second-order valence-corrected chi connectivity index (χ2v) is 5.89. The zero-order valence-corrected chi connectivity index (χ0v) is 11.6. The van der Waals surface area contributed by atoms with Gasteiger partial charge in [0.1, 0.15) is 22.2 Å². The third-order valence-electron chi connectivity index (χ3n) is 2.94. The molecule has 0 saturated carbocycles. The van der Waals surface area contributed by atoms with Crippen LogP contribution in [0.4, 0.5) is 14.5 Å². The fraction of sp³-hybridized carbons (Fsp3) is 0.0714. The van der Waals surface area contributed by atoms with E-state index in [0.29, 0.717) is 11.3 Å². The summed E-state index contributed by atoms with van der Waals surface area (Å²) >= 11 is 0. The number of imidazole rings is 1. The van der Waals surface area contributed by atoms with Crippen LogP contribution in [0.15, 0.2) is 47.6 Å². The number of nitrogens with zero attached hydrogens (tertiary/aromatic N) is 2. The van der Waals surface area contributed by atoms with Crippen LogP contribution < -0.4 is 5.73 Å². The van der Waals surface area contributed by atoms with E-state index >= 15 is 0 Å². The predicted octanol–water partition coefficient (Wildman–Crippen LogP) is 2.50. The van der Waals surface area contributed by atoms with E-state index < -0.39 is 27.3 Å². The summed E-state index contributed by atoms with van der Waals surface area (Å²) in [4.78, 5) is 3.78. The summed E-state index contributed by atoms with van der Waals surface area (Å²) < 4.78 is 41.4. The van der Waals surface area contributed by atoms with Gasteiger partial charge in [-0.3, -0.25) is 4.21 Å². The smallest absolute Gasteiger partial charge is 0.144 e. The van der Waals surface area contributed by atoms with Crippen molar-refractivity contribution in [2.24, 2.45) is 0 Å². The third kappa shape index (κ3) is 2.64. The lowest BCUT2D eigenvalue weighted by atomic mass is 10.3. The van der Waals surface area contributed by atoms with Crippen molar-refractivity contribution in [3.8, 4) is 0 Å². The molecule has 2 aromatic heterocycles. The number of aromatic nitrogens is 2. The molecule has 0 aliphatic heterocycles. The Balaban J connectivity index is 1.93. The summed E-state index contributed by atoms with van der Waals surface area (Å²) in [5.74, 6) is -1.89. The Morgan fingerprint density at radius 3 is 2.62 bits per heavy atom. The quantitative estimate of drug-likeness (QED) is 0.756. The first-order valence-corrected chi connectivity index (χ1v) is 7.42. The van der Waals surface area contributed by atoms with Crippen molar-refractivity contribution in [2.75, 3.05) is 5.73 Å². The van der Waals surface area contributed by atoms with Crippen LogP contribution in [0, 0.1) is 11.6 Å². The molecule has 0 amide bonds. The molecule has 0 aliphatic rings. The molecule has 1 unspecified atom stereocenters. The standard InChI is InChI=1S/C14H11F2N3OS/c15-11-5-9(17)6-12(16)14(11)21(20)8-10-7-19-4-2-1-3-13(19)18-10/h1-7H,8,17H2. The minimum atomic E-state index is -1.87. The minimum absolute atomic E-state index is 0.0431. The van der Waals surface area contributed by atoms with Crippen LogP contribution in [0.2, 0.25) is 0 Å². The second-order valence-electron chi connectivity index (χ2n) is 4.50. The number of anilines is 1. The predicted molar refractivity (Wildman–Crippen MR) is 76.1 cm³/mol. The number of nitrogens with two attached hydrogens (primary N) is 1. The van der Waals surface area contributed by atoms with Crippen LogP contribution in [-0.2, 0) is 16.6 Å². The molecule has 0 aliphatic carbocycles. The van der Waals surface area contributed by atoms with Gasteiger partial charge in [0.15, 0.2) is 0 Å². The lowest BCUT2D eigenvalue weighted by molar-refractivity contribution is 0.535. The summed E-state index contributed by atoms with van der Waals surface area (Å²) in [6.45, 7) is 0.